The van der Waals surface area contributed by atoms with E-state index in [4.69, 9.17) is 0 Å². The van der Waals surface area contributed by atoms with Crippen molar-refractivity contribution in [1.29, 1.82) is 0 Å². The third-order valence-corrected chi connectivity index (χ3v) is 6.63. The quantitative estimate of drug-likeness (QED) is 0.182. The van der Waals surface area contributed by atoms with Gasteiger partial charge in [0, 0.05) is 4.90 Å². The monoisotopic (exact) mass is 474 g/mol. The Kier molecular flexibility index (Phi) is 7.26. The van der Waals surface area contributed by atoms with Gasteiger partial charge in [0.1, 0.15) is 0 Å². The van der Waals surface area contributed by atoms with E-state index in [0.717, 1.165) is 21.7 Å². The van der Waals surface area contributed by atoms with Crippen LogP contribution in [0.15, 0.2) is 92.7 Å². The van der Waals surface area contributed by atoms with Gasteiger partial charge in [-0.05, 0) is 54.6 Å². The largest absolute Gasteiger partial charge is 0.272 e. The number of amides is 1. The zero-order valence-corrected chi connectivity index (χ0v) is 19.8. The molecule has 4 rings (SSSR count). The number of thioether (sulfide) groups is 2. The number of aromatic nitrogens is 2. The van der Waals surface area contributed by atoms with E-state index in [1.807, 2.05) is 73.8 Å². The zero-order chi connectivity index (χ0) is 23.2. The smallest absolute Gasteiger partial charge is 0.266 e. The molecule has 33 heavy (non-hydrogen) atoms. The average molecular weight is 475 g/mol. The van der Waals surface area contributed by atoms with E-state index in [1.54, 1.807) is 34.7 Å². The molecule has 0 bridgehead atoms. The van der Waals surface area contributed by atoms with Crippen molar-refractivity contribution in [2.24, 2.45) is 5.10 Å². The molecular formula is C25H22N4O2S2. The zero-order valence-electron chi connectivity index (χ0n) is 18.2. The Morgan fingerprint density at radius 3 is 2.55 bits per heavy atom. The lowest BCUT2D eigenvalue weighted by molar-refractivity contribution is -0.118. The maximum Gasteiger partial charge on any atom is 0.266 e. The van der Waals surface area contributed by atoms with E-state index < -0.39 is 0 Å². The number of nitrogens with zero attached hydrogens (tertiary/aromatic N) is 3. The van der Waals surface area contributed by atoms with Crippen molar-refractivity contribution in [3.05, 3.63) is 94.3 Å². The lowest BCUT2D eigenvalue weighted by Gasteiger charge is -2.14. The molecule has 0 aliphatic heterocycles. The molecule has 8 heteroatoms. The molecule has 1 aromatic heterocycles. The van der Waals surface area contributed by atoms with Gasteiger partial charge in [-0.15, -0.1) is 11.8 Å². The van der Waals surface area contributed by atoms with Gasteiger partial charge in [-0.25, -0.2) is 10.4 Å². The standard InChI is InChI=1S/C25H22N4O2S2/c1-17-7-3-6-10-22(17)29-24(31)20-8-4-5-9-21(20)27-25(29)33-16-23(30)28-26-15-18-11-13-19(32-2)14-12-18/h3-15H,16H2,1-2H3,(H,28,30). The third-order valence-electron chi connectivity index (χ3n) is 4.95. The average Bonchev–Trinajstić information content (AvgIpc) is 2.84. The van der Waals surface area contributed by atoms with E-state index in [1.165, 1.54) is 11.8 Å². The maximum atomic E-state index is 13.3. The first-order valence-electron chi connectivity index (χ1n) is 10.2. The molecule has 0 atom stereocenters. The highest BCUT2D eigenvalue weighted by Crippen LogP contribution is 2.23. The summed E-state index contributed by atoms with van der Waals surface area (Å²) in [6.07, 6.45) is 3.62. The van der Waals surface area contributed by atoms with Crippen LogP contribution in [0.2, 0.25) is 0 Å². The van der Waals surface area contributed by atoms with E-state index in [9.17, 15) is 9.59 Å². The fraction of sp³-hybridized carbons (Fsp3) is 0.120. The predicted molar refractivity (Wildman–Crippen MR) is 137 cm³/mol. The Labute approximate surface area is 200 Å². The summed E-state index contributed by atoms with van der Waals surface area (Å²) in [5, 5.41) is 5.03. The second-order valence-corrected chi connectivity index (χ2v) is 9.02. The number of benzene rings is 3. The summed E-state index contributed by atoms with van der Waals surface area (Å²) in [7, 11) is 0. The van der Waals surface area contributed by atoms with Gasteiger partial charge in [0.25, 0.3) is 11.5 Å². The summed E-state index contributed by atoms with van der Waals surface area (Å²) >= 11 is 2.87. The van der Waals surface area contributed by atoms with Crippen LogP contribution in [-0.2, 0) is 4.79 Å². The van der Waals surface area contributed by atoms with Gasteiger partial charge in [0.2, 0.25) is 0 Å². The highest BCUT2D eigenvalue weighted by atomic mass is 32.2. The molecule has 0 saturated heterocycles. The van der Waals surface area contributed by atoms with Crippen LogP contribution in [0.5, 0.6) is 0 Å². The summed E-state index contributed by atoms with van der Waals surface area (Å²) in [6.45, 7) is 1.94. The first-order valence-corrected chi connectivity index (χ1v) is 12.4. The lowest BCUT2D eigenvalue weighted by atomic mass is 10.2. The molecule has 0 saturated carbocycles. The van der Waals surface area contributed by atoms with Crippen molar-refractivity contribution >= 4 is 46.5 Å². The normalized spacial score (nSPS) is 11.2. The SMILES string of the molecule is CSc1ccc(C=NNC(=O)CSc2nc3ccccc3c(=O)n2-c2ccccc2C)cc1. The molecule has 6 nitrogen and oxygen atoms in total. The van der Waals surface area contributed by atoms with E-state index in [2.05, 4.69) is 15.5 Å². The van der Waals surface area contributed by atoms with Crippen molar-refractivity contribution in [1.82, 2.24) is 15.0 Å². The number of rotatable bonds is 7. The number of hydrazone groups is 1. The van der Waals surface area contributed by atoms with Crippen LogP contribution in [0.25, 0.3) is 16.6 Å². The molecule has 1 heterocycles. The molecule has 0 fully saturated rings. The second-order valence-electron chi connectivity index (χ2n) is 7.19. The number of hydrogen-bond donors (Lipinski definition) is 1. The second kappa shape index (κ2) is 10.5. The Hall–Kier alpha value is -3.36. The minimum absolute atomic E-state index is 0.0689. The number of hydrogen-bond acceptors (Lipinski definition) is 6. The van der Waals surface area contributed by atoms with Gasteiger partial charge in [-0.3, -0.25) is 14.2 Å². The molecule has 0 aliphatic rings. The van der Waals surface area contributed by atoms with Gasteiger partial charge in [-0.2, -0.15) is 5.10 Å². The van der Waals surface area contributed by atoms with E-state index >= 15 is 0 Å². The summed E-state index contributed by atoms with van der Waals surface area (Å²) in [5.74, 6) is -0.213. The van der Waals surface area contributed by atoms with Crippen LogP contribution < -0.4 is 11.0 Å². The van der Waals surface area contributed by atoms with Crippen molar-refractivity contribution in [3.8, 4) is 5.69 Å². The van der Waals surface area contributed by atoms with E-state index in [0.29, 0.717) is 16.1 Å². The molecular weight excluding hydrogens is 452 g/mol. The van der Waals surface area contributed by atoms with Crippen molar-refractivity contribution in [3.63, 3.8) is 0 Å². The fourth-order valence-corrected chi connectivity index (χ4v) is 4.47. The lowest BCUT2D eigenvalue weighted by Crippen LogP contribution is -2.24. The molecule has 0 radical (unpaired) electrons. The molecule has 1 N–H and O–H groups in total. The van der Waals surface area contributed by atoms with E-state index in [-0.39, 0.29) is 17.2 Å². The predicted octanol–water partition coefficient (Wildman–Crippen LogP) is 4.66. The third kappa shape index (κ3) is 5.35. The highest BCUT2D eigenvalue weighted by Gasteiger charge is 2.15. The highest BCUT2D eigenvalue weighted by molar-refractivity contribution is 7.99. The summed E-state index contributed by atoms with van der Waals surface area (Å²) in [6, 6.07) is 22.7. The van der Waals surface area contributed by atoms with Gasteiger partial charge >= 0.3 is 0 Å². The Morgan fingerprint density at radius 2 is 1.79 bits per heavy atom. The van der Waals surface area contributed by atoms with Crippen LogP contribution >= 0.6 is 23.5 Å². The molecule has 0 unspecified atom stereocenters. The maximum absolute atomic E-state index is 13.3. The number of carbonyl (C=O) groups is 1. The first-order chi connectivity index (χ1) is 16.1. The van der Waals surface area contributed by atoms with Crippen LogP contribution in [0, 0.1) is 6.92 Å². The van der Waals surface area contributed by atoms with Gasteiger partial charge in [0.05, 0.1) is 28.6 Å². The Balaban J connectivity index is 1.54. The summed E-state index contributed by atoms with van der Waals surface area (Å²) < 4.78 is 1.58. The Morgan fingerprint density at radius 1 is 1.06 bits per heavy atom. The number of para-hydroxylation sites is 2. The fourth-order valence-electron chi connectivity index (χ4n) is 3.27. The van der Waals surface area contributed by atoms with Crippen molar-refractivity contribution < 1.29 is 4.79 Å². The number of carbonyl (C=O) groups excluding carboxylic acids is 1. The van der Waals surface area contributed by atoms with Gasteiger partial charge in [0.15, 0.2) is 5.16 Å². The minimum atomic E-state index is -0.282. The molecule has 1 amide bonds. The van der Waals surface area contributed by atoms with Crippen LogP contribution in [-0.4, -0.2) is 33.7 Å². The van der Waals surface area contributed by atoms with Crippen LogP contribution in [0.4, 0.5) is 0 Å². The number of nitrogens with one attached hydrogen (secondary N) is 1. The van der Waals surface area contributed by atoms with Crippen LogP contribution in [0.3, 0.4) is 0 Å². The number of fused-ring (bicyclic) bond motifs is 1. The van der Waals surface area contributed by atoms with Gasteiger partial charge < -0.3 is 0 Å². The van der Waals surface area contributed by atoms with Crippen LogP contribution in [0.1, 0.15) is 11.1 Å². The van der Waals surface area contributed by atoms with Crippen molar-refractivity contribution in [2.45, 2.75) is 17.0 Å². The summed E-state index contributed by atoms with van der Waals surface area (Å²) in [5.41, 5.74) is 5.56. The van der Waals surface area contributed by atoms with Crippen molar-refractivity contribution in [2.75, 3.05) is 12.0 Å². The molecule has 3 aromatic carbocycles. The molecule has 0 aliphatic carbocycles. The van der Waals surface area contributed by atoms with Gasteiger partial charge in [-0.1, -0.05) is 54.2 Å². The first kappa shape index (κ1) is 22.8. The number of aryl methyl sites for hydroxylation is 1. The molecule has 0 spiro atoms. The molecule has 4 aromatic rings. The molecule has 166 valence electrons. The topological polar surface area (TPSA) is 76.3 Å². The summed E-state index contributed by atoms with van der Waals surface area (Å²) in [4.78, 5) is 31.5. The minimum Gasteiger partial charge on any atom is -0.272 e. The Bertz CT molecular complexity index is 1380.